The van der Waals surface area contributed by atoms with Gasteiger partial charge in [-0.1, -0.05) is 6.92 Å². The summed E-state index contributed by atoms with van der Waals surface area (Å²) in [7, 11) is 0. The number of hydrogen-bond donors (Lipinski definition) is 3. The molecule has 11 heavy (non-hydrogen) atoms. The normalized spacial score (nSPS) is 16.4. The lowest BCUT2D eigenvalue weighted by Crippen LogP contribution is -2.33. The Balaban J connectivity index is 3.13. The van der Waals surface area contributed by atoms with Gasteiger partial charge in [0.1, 0.15) is 6.23 Å². The Morgan fingerprint density at radius 1 is 1.55 bits per heavy atom. The van der Waals surface area contributed by atoms with Gasteiger partial charge in [-0.15, -0.1) is 0 Å². The molecule has 4 nitrogen and oxygen atoms in total. The lowest BCUT2D eigenvalue weighted by molar-refractivity contribution is 0.0503. The highest BCUT2D eigenvalue weighted by atomic mass is 16.5. The van der Waals surface area contributed by atoms with Gasteiger partial charge in [-0.25, -0.2) is 0 Å². The summed E-state index contributed by atoms with van der Waals surface area (Å²) < 4.78 is 5.11. The molecule has 68 valence electrons. The third kappa shape index (κ3) is 6.25. The van der Waals surface area contributed by atoms with E-state index in [0.29, 0.717) is 13.2 Å². The monoisotopic (exact) mass is 162 g/mol. The first-order valence-corrected chi connectivity index (χ1v) is 3.88. The highest BCUT2D eigenvalue weighted by Gasteiger charge is 2.02. The fourth-order valence-electron chi connectivity index (χ4n) is 0.580. The molecule has 0 fully saturated rings. The maximum Gasteiger partial charge on any atom is 0.118 e. The van der Waals surface area contributed by atoms with Gasteiger partial charge < -0.3 is 21.3 Å². The number of aliphatic hydroxyl groups excluding tert-OH is 1. The van der Waals surface area contributed by atoms with E-state index in [4.69, 9.17) is 21.3 Å². The predicted octanol–water partition coefficient (Wildman–Crippen LogP) is -0.735. The minimum Gasteiger partial charge on any atom is -0.396 e. The molecule has 0 spiro atoms. The Labute approximate surface area is 67.5 Å². The molecule has 0 saturated carbocycles. The molecule has 0 rings (SSSR count). The first kappa shape index (κ1) is 10.8. The maximum absolute atomic E-state index is 8.65. The van der Waals surface area contributed by atoms with Crippen molar-refractivity contribution in [1.29, 1.82) is 0 Å². The quantitative estimate of drug-likeness (QED) is 0.449. The smallest absolute Gasteiger partial charge is 0.118 e. The van der Waals surface area contributed by atoms with Crippen molar-refractivity contribution >= 4 is 0 Å². The van der Waals surface area contributed by atoms with E-state index >= 15 is 0 Å². The van der Waals surface area contributed by atoms with Crippen molar-refractivity contribution in [1.82, 2.24) is 0 Å². The molecule has 4 heteroatoms. The van der Waals surface area contributed by atoms with Crippen LogP contribution in [0.25, 0.3) is 0 Å². The summed E-state index contributed by atoms with van der Waals surface area (Å²) in [5.74, 6) is 0.278. The van der Waals surface area contributed by atoms with Gasteiger partial charge in [0.15, 0.2) is 0 Å². The lowest BCUT2D eigenvalue weighted by atomic mass is 10.1. The predicted molar refractivity (Wildman–Crippen MR) is 43.8 cm³/mol. The molecule has 5 N–H and O–H groups in total. The molecule has 2 atom stereocenters. The van der Waals surface area contributed by atoms with Crippen molar-refractivity contribution in [2.24, 2.45) is 17.4 Å². The van der Waals surface area contributed by atoms with Gasteiger partial charge in [0.05, 0.1) is 0 Å². The molecule has 0 bridgehead atoms. The molecular formula is C7H18N2O2. The Bertz CT molecular complexity index is 80.5. The second-order valence-corrected chi connectivity index (χ2v) is 2.72. The van der Waals surface area contributed by atoms with Crippen LogP contribution in [0.5, 0.6) is 0 Å². The Kier molecular flexibility index (Phi) is 6.45. The van der Waals surface area contributed by atoms with Crippen LogP contribution in [-0.2, 0) is 4.74 Å². The van der Waals surface area contributed by atoms with E-state index < -0.39 is 0 Å². The third-order valence-electron chi connectivity index (χ3n) is 1.49. The molecule has 0 aliphatic heterocycles. The standard InChI is InChI=1S/C7H18N2O2/c1-6(5-10)2-3-11-7(9)4-8/h6-7,10H,2-5,8-9H2,1H3. The minimum absolute atomic E-state index is 0.196. The van der Waals surface area contributed by atoms with E-state index in [-0.39, 0.29) is 18.8 Å². The molecule has 2 unspecified atom stereocenters. The summed E-state index contributed by atoms with van der Waals surface area (Å²) in [6.07, 6.45) is 0.463. The zero-order valence-electron chi connectivity index (χ0n) is 6.99. The van der Waals surface area contributed by atoms with Gasteiger partial charge in [-0.05, 0) is 12.3 Å². The maximum atomic E-state index is 8.65. The van der Waals surface area contributed by atoms with Crippen LogP contribution in [0.1, 0.15) is 13.3 Å². The average molecular weight is 162 g/mol. The Hall–Kier alpha value is -0.160. The highest BCUT2D eigenvalue weighted by Crippen LogP contribution is 1.99. The van der Waals surface area contributed by atoms with Gasteiger partial charge in [-0.3, -0.25) is 0 Å². The van der Waals surface area contributed by atoms with Crippen molar-refractivity contribution in [3.63, 3.8) is 0 Å². The molecule has 0 aromatic rings. The molecule has 0 aromatic carbocycles. The molecular weight excluding hydrogens is 144 g/mol. The average Bonchev–Trinajstić information content (AvgIpc) is 2.04. The van der Waals surface area contributed by atoms with E-state index in [9.17, 15) is 0 Å². The Morgan fingerprint density at radius 3 is 2.64 bits per heavy atom. The molecule has 0 radical (unpaired) electrons. The summed E-state index contributed by atoms with van der Waals surface area (Å²) >= 11 is 0. The second-order valence-electron chi connectivity index (χ2n) is 2.72. The summed E-state index contributed by atoms with van der Waals surface area (Å²) in [6, 6.07) is 0. The molecule has 0 amide bonds. The van der Waals surface area contributed by atoms with Crippen LogP contribution < -0.4 is 11.5 Å². The van der Waals surface area contributed by atoms with Crippen LogP contribution in [0.15, 0.2) is 0 Å². The van der Waals surface area contributed by atoms with Gasteiger partial charge in [0.2, 0.25) is 0 Å². The van der Waals surface area contributed by atoms with Crippen LogP contribution in [0.4, 0.5) is 0 Å². The van der Waals surface area contributed by atoms with E-state index in [1.807, 2.05) is 6.92 Å². The molecule has 0 heterocycles. The van der Waals surface area contributed by atoms with E-state index in [0.717, 1.165) is 6.42 Å². The first-order chi connectivity index (χ1) is 5.20. The number of ether oxygens (including phenoxy) is 1. The third-order valence-corrected chi connectivity index (χ3v) is 1.49. The summed E-state index contributed by atoms with van der Waals surface area (Å²) in [5.41, 5.74) is 10.6. The summed E-state index contributed by atoms with van der Waals surface area (Å²) in [4.78, 5) is 0. The first-order valence-electron chi connectivity index (χ1n) is 3.88. The van der Waals surface area contributed by atoms with Crippen LogP contribution in [0.3, 0.4) is 0 Å². The van der Waals surface area contributed by atoms with Crippen molar-refractivity contribution in [3.8, 4) is 0 Å². The van der Waals surface area contributed by atoms with Gasteiger partial charge in [0, 0.05) is 19.8 Å². The molecule has 0 aromatic heterocycles. The van der Waals surface area contributed by atoms with Gasteiger partial charge >= 0.3 is 0 Å². The van der Waals surface area contributed by atoms with Gasteiger partial charge in [0.25, 0.3) is 0 Å². The van der Waals surface area contributed by atoms with Gasteiger partial charge in [-0.2, -0.15) is 0 Å². The zero-order chi connectivity index (χ0) is 8.69. The van der Waals surface area contributed by atoms with Crippen molar-refractivity contribution in [3.05, 3.63) is 0 Å². The van der Waals surface area contributed by atoms with Crippen LogP contribution in [-0.4, -0.2) is 31.1 Å². The molecule has 0 aliphatic carbocycles. The van der Waals surface area contributed by atoms with E-state index in [1.165, 1.54) is 0 Å². The summed E-state index contributed by atoms with van der Waals surface area (Å²) in [5, 5.41) is 8.65. The minimum atomic E-state index is -0.360. The number of hydrogen-bond acceptors (Lipinski definition) is 4. The number of aliphatic hydroxyl groups is 1. The fourth-order valence-corrected chi connectivity index (χ4v) is 0.580. The zero-order valence-corrected chi connectivity index (χ0v) is 6.99. The molecule has 0 saturated heterocycles. The SMILES string of the molecule is CC(CO)CCOC(N)CN. The van der Waals surface area contributed by atoms with Crippen molar-refractivity contribution < 1.29 is 9.84 Å². The van der Waals surface area contributed by atoms with Crippen molar-refractivity contribution in [2.75, 3.05) is 19.8 Å². The van der Waals surface area contributed by atoms with E-state index in [1.54, 1.807) is 0 Å². The van der Waals surface area contributed by atoms with Crippen LogP contribution >= 0.6 is 0 Å². The number of nitrogens with two attached hydrogens (primary N) is 2. The molecule has 0 aliphatic rings. The second kappa shape index (κ2) is 6.54. The lowest BCUT2D eigenvalue weighted by Gasteiger charge is -2.12. The van der Waals surface area contributed by atoms with Crippen LogP contribution in [0, 0.1) is 5.92 Å². The summed E-state index contributed by atoms with van der Waals surface area (Å²) in [6.45, 7) is 3.06. The highest BCUT2D eigenvalue weighted by molar-refractivity contribution is 4.51. The Morgan fingerprint density at radius 2 is 2.18 bits per heavy atom. The fraction of sp³-hybridized carbons (Fsp3) is 1.00. The topological polar surface area (TPSA) is 81.5 Å². The van der Waals surface area contributed by atoms with E-state index in [2.05, 4.69) is 0 Å². The number of rotatable bonds is 6. The largest absolute Gasteiger partial charge is 0.396 e. The van der Waals surface area contributed by atoms with Crippen LogP contribution in [0.2, 0.25) is 0 Å². The van der Waals surface area contributed by atoms with Crippen molar-refractivity contribution in [2.45, 2.75) is 19.6 Å².